The van der Waals surface area contributed by atoms with E-state index >= 15 is 0 Å². The van der Waals surface area contributed by atoms with E-state index in [-0.39, 0.29) is 12.7 Å². The molecule has 0 saturated heterocycles. The molecule has 5 heteroatoms. The highest BCUT2D eigenvalue weighted by Gasteiger charge is 2.13. The van der Waals surface area contributed by atoms with Crippen molar-refractivity contribution in [2.24, 2.45) is 0 Å². The largest absolute Gasteiger partial charge is 0.497 e. The summed E-state index contributed by atoms with van der Waals surface area (Å²) >= 11 is 0. The van der Waals surface area contributed by atoms with Crippen molar-refractivity contribution in [2.45, 2.75) is 20.1 Å². The van der Waals surface area contributed by atoms with Crippen LogP contribution in [0.25, 0.3) is 11.1 Å². The number of hydrogen-bond acceptors (Lipinski definition) is 4. The molecule has 0 aromatic heterocycles. The van der Waals surface area contributed by atoms with Crippen LogP contribution in [0.2, 0.25) is 0 Å². The van der Waals surface area contributed by atoms with Gasteiger partial charge in [-0.25, -0.2) is 4.79 Å². The minimum Gasteiger partial charge on any atom is -0.497 e. The molecule has 0 aliphatic heterocycles. The van der Waals surface area contributed by atoms with Crippen molar-refractivity contribution < 1.29 is 19.4 Å². The monoisotopic (exact) mass is 329 g/mol. The quantitative estimate of drug-likeness (QED) is 0.882. The normalized spacial score (nSPS) is 10.3. The van der Waals surface area contributed by atoms with Gasteiger partial charge in [-0.05, 0) is 53.4 Å². The van der Waals surface area contributed by atoms with Gasteiger partial charge in [0, 0.05) is 13.1 Å². The van der Waals surface area contributed by atoms with Crippen LogP contribution in [0.4, 0.5) is 4.79 Å². The van der Waals surface area contributed by atoms with Gasteiger partial charge in [-0.1, -0.05) is 18.2 Å². The van der Waals surface area contributed by atoms with Crippen molar-refractivity contribution in [3.63, 3.8) is 0 Å². The second kappa shape index (κ2) is 8.36. The molecule has 0 radical (unpaired) electrons. The predicted octanol–water partition coefficient (Wildman–Crippen LogP) is 3.44. The van der Waals surface area contributed by atoms with E-state index < -0.39 is 0 Å². The molecular formula is C19H23NO4. The minimum absolute atomic E-state index is 0.00335. The number of carbonyl (C=O) groups is 1. The standard InChI is InChI=1S/C19H23NO4/c1-4-20(19(22)24-3)12-15-9-17(11-18(10-15)23-2)16-7-5-6-14(8-16)13-21/h5-11,21H,4,12-13H2,1-3H3. The second-order valence-corrected chi connectivity index (χ2v) is 5.41. The molecule has 5 nitrogen and oxygen atoms in total. The Labute approximate surface area is 142 Å². The third-order valence-corrected chi connectivity index (χ3v) is 3.83. The van der Waals surface area contributed by atoms with Crippen molar-refractivity contribution in [1.82, 2.24) is 4.90 Å². The van der Waals surface area contributed by atoms with Gasteiger partial charge < -0.3 is 19.5 Å². The Morgan fingerprint density at radius 3 is 2.46 bits per heavy atom. The number of carbonyl (C=O) groups excluding carboxylic acids is 1. The van der Waals surface area contributed by atoms with E-state index in [9.17, 15) is 9.90 Å². The van der Waals surface area contributed by atoms with Gasteiger partial charge in [0.1, 0.15) is 5.75 Å². The van der Waals surface area contributed by atoms with Crippen LogP contribution in [0.1, 0.15) is 18.1 Å². The van der Waals surface area contributed by atoms with Gasteiger partial charge in [0.15, 0.2) is 0 Å². The molecule has 0 saturated carbocycles. The van der Waals surface area contributed by atoms with E-state index in [2.05, 4.69) is 0 Å². The summed E-state index contributed by atoms with van der Waals surface area (Å²) in [6, 6.07) is 13.6. The molecule has 2 aromatic rings. The lowest BCUT2D eigenvalue weighted by Crippen LogP contribution is -2.30. The number of rotatable bonds is 6. The highest BCUT2D eigenvalue weighted by atomic mass is 16.5. The van der Waals surface area contributed by atoms with Gasteiger partial charge >= 0.3 is 6.09 Å². The fourth-order valence-electron chi connectivity index (χ4n) is 2.54. The number of benzene rings is 2. The highest BCUT2D eigenvalue weighted by molar-refractivity contribution is 5.69. The number of amides is 1. The van der Waals surface area contributed by atoms with E-state index in [4.69, 9.17) is 9.47 Å². The number of aliphatic hydroxyl groups excluding tert-OH is 1. The molecule has 2 aromatic carbocycles. The zero-order chi connectivity index (χ0) is 17.5. The summed E-state index contributed by atoms with van der Waals surface area (Å²) in [5.41, 5.74) is 3.76. The molecule has 1 N–H and O–H groups in total. The highest BCUT2D eigenvalue weighted by Crippen LogP contribution is 2.27. The van der Waals surface area contributed by atoms with Gasteiger partial charge in [0.2, 0.25) is 0 Å². The Balaban J connectivity index is 2.38. The summed E-state index contributed by atoms with van der Waals surface area (Å²) in [4.78, 5) is 13.4. The molecule has 0 aliphatic rings. The molecule has 0 bridgehead atoms. The Hall–Kier alpha value is -2.53. The molecule has 1 amide bonds. The van der Waals surface area contributed by atoms with Crippen LogP contribution < -0.4 is 4.74 Å². The minimum atomic E-state index is -0.357. The van der Waals surface area contributed by atoms with Gasteiger partial charge in [-0.2, -0.15) is 0 Å². The number of hydrogen-bond donors (Lipinski definition) is 1. The lowest BCUT2D eigenvalue weighted by molar-refractivity contribution is 0.123. The number of aliphatic hydroxyl groups is 1. The molecule has 0 aliphatic carbocycles. The first-order chi connectivity index (χ1) is 11.6. The number of nitrogens with zero attached hydrogens (tertiary/aromatic N) is 1. The molecule has 0 heterocycles. The summed E-state index contributed by atoms with van der Waals surface area (Å²) in [5, 5.41) is 9.32. The molecule has 2 rings (SSSR count). The third kappa shape index (κ3) is 4.26. The smallest absolute Gasteiger partial charge is 0.409 e. The van der Waals surface area contributed by atoms with Gasteiger partial charge in [-0.15, -0.1) is 0 Å². The molecular weight excluding hydrogens is 306 g/mol. The summed E-state index contributed by atoms with van der Waals surface area (Å²) in [5.74, 6) is 0.720. The summed E-state index contributed by atoms with van der Waals surface area (Å²) in [6.07, 6.45) is -0.357. The summed E-state index contributed by atoms with van der Waals surface area (Å²) < 4.78 is 10.2. The van der Waals surface area contributed by atoms with E-state index in [1.807, 2.05) is 49.4 Å². The van der Waals surface area contributed by atoms with Crippen LogP contribution in [0.15, 0.2) is 42.5 Å². The summed E-state index contributed by atoms with van der Waals surface area (Å²) in [6.45, 7) is 2.89. The first-order valence-corrected chi connectivity index (χ1v) is 7.82. The van der Waals surface area contributed by atoms with E-state index in [0.29, 0.717) is 13.1 Å². The van der Waals surface area contributed by atoms with Crippen LogP contribution in [0.5, 0.6) is 5.75 Å². The first-order valence-electron chi connectivity index (χ1n) is 7.82. The van der Waals surface area contributed by atoms with Crippen molar-refractivity contribution in [1.29, 1.82) is 0 Å². The number of methoxy groups -OCH3 is 2. The van der Waals surface area contributed by atoms with Gasteiger partial charge in [0.05, 0.1) is 20.8 Å². The fourth-order valence-corrected chi connectivity index (χ4v) is 2.54. The first kappa shape index (κ1) is 17.8. The topological polar surface area (TPSA) is 59.0 Å². The fraction of sp³-hybridized carbons (Fsp3) is 0.316. The van der Waals surface area contributed by atoms with Crippen molar-refractivity contribution >= 4 is 6.09 Å². The zero-order valence-electron chi connectivity index (χ0n) is 14.3. The van der Waals surface area contributed by atoms with E-state index in [0.717, 1.165) is 28.0 Å². The maximum absolute atomic E-state index is 11.8. The molecule has 0 fully saturated rings. The van der Waals surface area contributed by atoms with E-state index in [1.165, 1.54) is 7.11 Å². The molecule has 0 atom stereocenters. The van der Waals surface area contributed by atoms with Crippen molar-refractivity contribution in [3.8, 4) is 16.9 Å². The average molecular weight is 329 g/mol. The van der Waals surface area contributed by atoms with Crippen LogP contribution in [0.3, 0.4) is 0 Å². The van der Waals surface area contributed by atoms with Crippen molar-refractivity contribution in [2.75, 3.05) is 20.8 Å². The molecule has 128 valence electrons. The number of ether oxygens (including phenoxy) is 2. The lowest BCUT2D eigenvalue weighted by Gasteiger charge is -2.20. The Bertz CT molecular complexity index is 700. The Morgan fingerprint density at radius 2 is 1.83 bits per heavy atom. The average Bonchev–Trinajstić information content (AvgIpc) is 2.65. The SMILES string of the molecule is CCN(Cc1cc(OC)cc(-c2cccc(CO)c2)c1)C(=O)OC. The third-order valence-electron chi connectivity index (χ3n) is 3.83. The predicted molar refractivity (Wildman–Crippen MR) is 92.8 cm³/mol. The maximum atomic E-state index is 11.8. The van der Waals surface area contributed by atoms with E-state index in [1.54, 1.807) is 12.0 Å². The zero-order valence-corrected chi connectivity index (χ0v) is 14.3. The summed E-state index contributed by atoms with van der Waals surface area (Å²) in [7, 11) is 2.99. The lowest BCUT2D eigenvalue weighted by atomic mass is 10.0. The molecule has 0 unspecified atom stereocenters. The Morgan fingerprint density at radius 1 is 1.08 bits per heavy atom. The Kier molecular flexibility index (Phi) is 6.21. The van der Waals surface area contributed by atoms with Crippen LogP contribution in [-0.4, -0.2) is 36.9 Å². The van der Waals surface area contributed by atoms with Crippen LogP contribution in [-0.2, 0) is 17.9 Å². The molecule has 0 spiro atoms. The van der Waals surface area contributed by atoms with Crippen LogP contribution >= 0.6 is 0 Å². The van der Waals surface area contributed by atoms with Gasteiger partial charge in [0.25, 0.3) is 0 Å². The van der Waals surface area contributed by atoms with Gasteiger partial charge in [-0.3, -0.25) is 0 Å². The van der Waals surface area contributed by atoms with Crippen molar-refractivity contribution in [3.05, 3.63) is 53.6 Å². The molecule has 24 heavy (non-hydrogen) atoms. The van der Waals surface area contributed by atoms with Crippen LogP contribution in [0, 0.1) is 0 Å². The second-order valence-electron chi connectivity index (χ2n) is 5.41. The maximum Gasteiger partial charge on any atom is 0.409 e.